The van der Waals surface area contributed by atoms with E-state index in [0.29, 0.717) is 29.5 Å². The number of thiazole rings is 1. The lowest BCUT2D eigenvalue weighted by molar-refractivity contribution is -0.384. The summed E-state index contributed by atoms with van der Waals surface area (Å²) < 4.78 is 1.02. The molecule has 1 fully saturated rings. The lowest BCUT2D eigenvalue weighted by Crippen LogP contribution is -2.37. The molecule has 0 bridgehead atoms. The van der Waals surface area contributed by atoms with Crippen LogP contribution in [0.3, 0.4) is 0 Å². The molecular formula is C25H32ClN5O3S. The van der Waals surface area contributed by atoms with Gasteiger partial charge in [0.15, 0.2) is 5.13 Å². The number of aromatic nitrogens is 1. The third kappa shape index (κ3) is 5.74. The van der Waals surface area contributed by atoms with Gasteiger partial charge in [0.1, 0.15) is 5.69 Å². The number of anilines is 2. The zero-order chi connectivity index (χ0) is 24.4. The molecule has 8 nitrogen and oxygen atoms in total. The summed E-state index contributed by atoms with van der Waals surface area (Å²) in [4.78, 5) is 35.7. The number of amides is 1. The van der Waals surface area contributed by atoms with Crippen LogP contribution >= 0.6 is 23.7 Å². The number of piperidine rings is 1. The highest BCUT2D eigenvalue weighted by Crippen LogP contribution is 2.35. The molecule has 1 saturated heterocycles. The van der Waals surface area contributed by atoms with Crippen LogP contribution in [0.2, 0.25) is 0 Å². The topological polar surface area (TPSA) is 82.8 Å². The van der Waals surface area contributed by atoms with Gasteiger partial charge in [-0.1, -0.05) is 17.4 Å². The highest BCUT2D eigenvalue weighted by molar-refractivity contribution is 7.22. The molecule has 4 rings (SSSR count). The minimum Gasteiger partial charge on any atom is -0.366 e. The molecule has 0 unspecified atom stereocenters. The predicted molar refractivity (Wildman–Crippen MR) is 146 cm³/mol. The lowest BCUT2D eigenvalue weighted by Gasteiger charge is -2.28. The smallest absolute Gasteiger partial charge is 0.293 e. The van der Waals surface area contributed by atoms with Crippen molar-refractivity contribution in [2.75, 3.05) is 50.1 Å². The van der Waals surface area contributed by atoms with E-state index in [2.05, 4.69) is 11.0 Å². The summed E-state index contributed by atoms with van der Waals surface area (Å²) in [6.07, 6.45) is 3.18. The van der Waals surface area contributed by atoms with Crippen molar-refractivity contribution in [3.8, 4) is 0 Å². The number of nitrogens with zero attached hydrogens (tertiary/aromatic N) is 5. The van der Waals surface area contributed by atoms with Gasteiger partial charge in [-0.15, -0.1) is 12.4 Å². The number of likely N-dealkylation sites (N-methyl/N-ethyl adjacent to an activating group) is 1. The molecule has 188 valence electrons. The maximum Gasteiger partial charge on any atom is 0.293 e. The van der Waals surface area contributed by atoms with Crippen LogP contribution in [0.15, 0.2) is 30.3 Å². The average molecular weight is 518 g/mol. The molecule has 2 aromatic carbocycles. The Morgan fingerprint density at radius 1 is 1.11 bits per heavy atom. The minimum absolute atomic E-state index is 0. The summed E-state index contributed by atoms with van der Waals surface area (Å²) >= 11 is 1.47. The Balaban J connectivity index is 0.00000342. The quantitative estimate of drug-likeness (QED) is 0.306. The van der Waals surface area contributed by atoms with Gasteiger partial charge in [-0.25, -0.2) is 4.98 Å². The second-order valence-corrected chi connectivity index (χ2v) is 10.1. The first kappa shape index (κ1) is 26.8. The van der Waals surface area contributed by atoms with E-state index in [1.165, 1.54) is 17.4 Å². The molecule has 3 aromatic rings. The number of rotatable bonds is 7. The molecule has 2 heterocycles. The van der Waals surface area contributed by atoms with E-state index < -0.39 is 0 Å². The number of aryl methyl sites for hydroxylation is 2. The van der Waals surface area contributed by atoms with Crippen molar-refractivity contribution < 1.29 is 9.72 Å². The van der Waals surface area contributed by atoms with E-state index in [9.17, 15) is 14.9 Å². The van der Waals surface area contributed by atoms with Crippen molar-refractivity contribution in [3.63, 3.8) is 0 Å². The third-order valence-electron chi connectivity index (χ3n) is 6.44. The summed E-state index contributed by atoms with van der Waals surface area (Å²) in [5, 5.41) is 12.5. The molecule has 0 atom stereocenters. The Hall–Kier alpha value is -2.75. The zero-order valence-corrected chi connectivity index (χ0v) is 22.2. The maximum atomic E-state index is 13.7. The lowest BCUT2D eigenvalue weighted by atomic mass is 10.1. The van der Waals surface area contributed by atoms with Gasteiger partial charge in [0.2, 0.25) is 0 Å². The minimum atomic E-state index is -0.380. The van der Waals surface area contributed by atoms with Gasteiger partial charge in [-0.3, -0.25) is 19.8 Å². The van der Waals surface area contributed by atoms with Crippen molar-refractivity contribution in [1.29, 1.82) is 0 Å². The summed E-state index contributed by atoms with van der Waals surface area (Å²) in [6.45, 7) is 6.77. The first-order valence-corrected chi connectivity index (χ1v) is 12.4. The standard InChI is InChI=1S/C25H31N5O3S.ClH/c1-17-8-11-22-23(18(17)2)26-25(34-22)29(15-14-27(3)4)24(31)19-9-10-20(21(16-19)30(32)33)28-12-6-5-7-13-28;/h8-11,16H,5-7,12-15H2,1-4H3;1H. The van der Waals surface area contributed by atoms with E-state index >= 15 is 0 Å². The fourth-order valence-corrected chi connectivity index (χ4v) is 5.32. The van der Waals surface area contributed by atoms with Crippen LogP contribution in [0.1, 0.15) is 40.7 Å². The Morgan fingerprint density at radius 3 is 2.49 bits per heavy atom. The molecule has 0 radical (unpaired) electrons. The van der Waals surface area contributed by atoms with Crippen LogP contribution in [-0.4, -0.2) is 61.0 Å². The van der Waals surface area contributed by atoms with Crippen molar-refractivity contribution in [2.45, 2.75) is 33.1 Å². The largest absolute Gasteiger partial charge is 0.366 e. The SMILES string of the molecule is Cc1ccc2sc(N(CCN(C)C)C(=O)c3ccc(N4CCCCC4)c([N+](=O)[O-])c3)nc2c1C.Cl. The number of benzene rings is 2. The van der Waals surface area contributed by atoms with Crippen molar-refractivity contribution in [2.24, 2.45) is 0 Å². The molecule has 35 heavy (non-hydrogen) atoms. The zero-order valence-electron chi connectivity index (χ0n) is 20.6. The van der Waals surface area contributed by atoms with E-state index in [1.54, 1.807) is 17.0 Å². The van der Waals surface area contributed by atoms with Crippen molar-refractivity contribution >= 4 is 56.4 Å². The van der Waals surface area contributed by atoms with E-state index in [0.717, 1.165) is 53.7 Å². The number of carbonyl (C=O) groups is 1. The van der Waals surface area contributed by atoms with E-state index in [-0.39, 0.29) is 28.9 Å². The molecular weight excluding hydrogens is 486 g/mol. The number of halogens is 1. The highest BCUT2D eigenvalue weighted by atomic mass is 35.5. The number of hydrogen-bond donors (Lipinski definition) is 0. The van der Waals surface area contributed by atoms with Crippen molar-refractivity contribution in [3.05, 3.63) is 57.1 Å². The molecule has 10 heteroatoms. The monoisotopic (exact) mass is 517 g/mol. The summed E-state index contributed by atoms with van der Waals surface area (Å²) in [5.74, 6) is -0.274. The number of nitro groups is 1. The first-order chi connectivity index (χ1) is 16.3. The van der Waals surface area contributed by atoms with Gasteiger partial charge >= 0.3 is 0 Å². The molecule has 1 aliphatic rings. The number of carbonyl (C=O) groups excluding carboxylic acids is 1. The summed E-state index contributed by atoms with van der Waals surface area (Å²) in [7, 11) is 3.90. The number of hydrogen-bond acceptors (Lipinski definition) is 7. The van der Waals surface area contributed by atoms with Gasteiger partial charge < -0.3 is 9.80 Å². The van der Waals surface area contributed by atoms with E-state index in [4.69, 9.17) is 4.98 Å². The van der Waals surface area contributed by atoms with Crippen molar-refractivity contribution in [1.82, 2.24) is 9.88 Å². The fourth-order valence-electron chi connectivity index (χ4n) is 4.27. The van der Waals surface area contributed by atoms with Gasteiger partial charge in [0, 0.05) is 37.8 Å². The summed E-state index contributed by atoms with van der Waals surface area (Å²) in [6, 6.07) is 8.97. The Bertz CT molecular complexity index is 1220. The number of fused-ring (bicyclic) bond motifs is 1. The normalized spacial score (nSPS) is 13.7. The van der Waals surface area contributed by atoms with Crippen LogP contribution in [0.4, 0.5) is 16.5 Å². The average Bonchev–Trinajstić information content (AvgIpc) is 3.26. The Morgan fingerprint density at radius 2 is 1.83 bits per heavy atom. The van der Waals surface area contributed by atoms with Crippen LogP contribution in [0, 0.1) is 24.0 Å². The highest BCUT2D eigenvalue weighted by Gasteiger charge is 2.27. The first-order valence-electron chi connectivity index (χ1n) is 11.6. The third-order valence-corrected chi connectivity index (χ3v) is 7.48. The molecule has 0 spiro atoms. The second kappa shape index (κ2) is 11.3. The van der Waals surface area contributed by atoms with Gasteiger partial charge in [-0.2, -0.15) is 0 Å². The maximum absolute atomic E-state index is 13.7. The van der Waals surface area contributed by atoms with Gasteiger partial charge in [0.05, 0.1) is 15.1 Å². The predicted octanol–water partition coefficient (Wildman–Crippen LogP) is 5.44. The molecule has 0 saturated carbocycles. The molecule has 1 aliphatic heterocycles. The van der Waals surface area contributed by atoms with Crippen LogP contribution in [0.25, 0.3) is 10.2 Å². The van der Waals surface area contributed by atoms with E-state index in [1.807, 2.05) is 38.9 Å². The molecule has 0 N–H and O–H groups in total. The van der Waals surface area contributed by atoms with Crippen LogP contribution in [-0.2, 0) is 0 Å². The molecule has 1 aromatic heterocycles. The van der Waals surface area contributed by atoms with Gasteiger partial charge in [0.25, 0.3) is 11.6 Å². The summed E-state index contributed by atoms with van der Waals surface area (Å²) in [5.41, 5.74) is 4.02. The van der Waals surface area contributed by atoms with Crippen LogP contribution in [0.5, 0.6) is 0 Å². The molecule has 1 amide bonds. The fraction of sp³-hybridized carbons (Fsp3) is 0.440. The second-order valence-electron chi connectivity index (χ2n) is 9.12. The number of nitro benzene ring substituents is 1. The van der Waals surface area contributed by atoms with Crippen LogP contribution < -0.4 is 9.80 Å². The Labute approximate surface area is 216 Å². The molecule has 0 aliphatic carbocycles. The van der Waals surface area contributed by atoms with Gasteiger partial charge in [-0.05, 0) is 76.5 Å². The Kier molecular flexibility index (Phi) is 8.69.